The van der Waals surface area contributed by atoms with E-state index in [4.69, 9.17) is 49.1 Å². The monoisotopic (exact) mass is 564 g/mol. The van der Waals surface area contributed by atoms with Gasteiger partial charge in [-0.1, -0.05) is 13.8 Å². The van der Waals surface area contributed by atoms with E-state index >= 15 is 0 Å². The number of primary amides is 2. The molecule has 2 amide bonds. The van der Waals surface area contributed by atoms with Gasteiger partial charge < -0.3 is 59.8 Å². The van der Waals surface area contributed by atoms with E-state index in [1.807, 2.05) is 13.8 Å². The number of nitrogens with two attached hydrogens (primary N) is 6. The number of aromatic amines is 1. The molecule has 0 saturated heterocycles. The Balaban J connectivity index is -0.000000445. The van der Waals surface area contributed by atoms with Gasteiger partial charge in [0.15, 0.2) is 0 Å². The highest BCUT2D eigenvalue weighted by atomic mass is 16.4. The van der Waals surface area contributed by atoms with Crippen LogP contribution in [0, 0.1) is 5.92 Å². The first-order valence-corrected chi connectivity index (χ1v) is 11.3. The Labute approximate surface area is 224 Å². The summed E-state index contributed by atoms with van der Waals surface area (Å²) in [5, 5.41) is 33.0. The number of carbonyl (C=O) groups is 6. The number of H-pyrrole nitrogens is 1. The maximum Gasteiger partial charge on any atom is 0.321 e. The first-order valence-electron chi connectivity index (χ1n) is 11.3. The smallest absolute Gasteiger partial charge is 0.321 e. The molecule has 0 unspecified atom stereocenters. The lowest BCUT2D eigenvalue weighted by molar-refractivity contribution is -0.140. The van der Waals surface area contributed by atoms with Crippen molar-refractivity contribution in [2.24, 2.45) is 40.3 Å². The zero-order chi connectivity index (χ0) is 31.3. The summed E-state index contributed by atoms with van der Waals surface area (Å²) in [4.78, 5) is 66.9. The first kappa shape index (κ1) is 39.4. The van der Waals surface area contributed by atoms with Crippen LogP contribution in [0.1, 0.15) is 45.2 Å². The Bertz CT molecular complexity index is 895. The van der Waals surface area contributed by atoms with E-state index in [1.165, 1.54) is 6.33 Å². The molecule has 1 heterocycles. The molecule has 1 aromatic heterocycles. The van der Waals surface area contributed by atoms with Crippen LogP contribution in [0.2, 0.25) is 0 Å². The van der Waals surface area contributed by atoms with Crippen LogP contribution in [0.5, 0.6) is 0 Å². The van der Waals surface area contributed by atoms with Gasteiger partial charge in [-0.05, 0) is 18.8 Å². The summed E-state index contributed by atoms with van der Waals surface area (Å²) in [6.07, 6.45) is 3.70. The number of aliphatic carboxylic acids is 4. The van der Waals surface area contributed by atoms with Crippen LogP contribution < -0.4 is 34.4 Å². The van der Waals surface area contributed by atoms with Crippen molar-refractivity contribution in [1.82, 2.24) is 9.97 Å². The Hall–Kier alpha value is -4.13. The van der Waals surface area contributed by atoms with E-state index in [9.17, 15) is 28.8 Å². The van der Waals surface area contributed by atoms with E-state index < -0.39 is 59.9 Å². The largest absolute Gasteiger partial charge is 0.480 e. The third kappa shape index (κ3) is 26.7. The van der Waals surface area contributed by atoms with Crippen molar-refractivity contribution in [3.63, 3.8) is 0 Å². The fourth-order valence-electron chi connectivity index (χ4n) is 2.05. The second kappa shape index (κ2) is 21.9. The number of aromatic nitrogens is 2. The molecule has 0 bridgehead atoms. The van der Waals surface area contributed by atoms with Gasteiger partial charge in [-0.3, -0.25) is 28.8 Å². The molecule has 18 heteroatoms. The van der Waals surface area contributed by atoms with Crippen LogP contribution in [0.3, 0.4) is 0 Å². The molecule has 0 aliphatic heterocycles. The number of nitrogens with zero attached hydrogens (tertiary/aromatic N) is 1. The molecule has 0 fully saturated rings. The Morgan fingerprint density at radius 2 is 1.23 bits per heavy atom. The predicted octanol–water partition coefficient (Wildman–Crippen LogP) is -3.25. The summed E-state index contributed by atoms with van der Waals surface area (Å²) in [6.45, 7) is 3.89. The summed E-state index contributed by atoms with van der Waals surface area (Å²) in [5.41, 5.74) is 30.6. The van der Waals surface area contributed by atoms with Gasteiger partial charge in [-0.2, -0.15) is 0 Å². The van der Waals surface area contributed by atoms with Gasteiger partial charge in [0.1, 0.15) is 24.2 Å². The maximum absolute atomic E-state index is 10.3. The van der Waals surface area contributed by atoms with E-state index in [0.717, 1.165) is 5.69 Å². The molecule has 4 atom stereocenters. The molecule has 18 nitrogen and oxygen atoms in total. The summed E-state index contributed by atoms with van der Waals surface area (Å²) in [5.74, 6) is -5.11. The number of carboxylic acids is 4. The second-order valence-electron chi connectivity index (χ2n) is 8.36. The Morgan fingerprint density at radius 1 is 0.769 bits per heavy atom. The van der Waals surface area contributed by atoms with Crippen molar-refractivity contribution in [2.45, 2.75) is 70.1 Å². The minimum absolute atomic E-state index is 0.0213. The highest BCUT2D eigenvalue weighted by molar-refractivity contribution is 5.83. The Morgan fingerprint density at radius 3 is 1.49 bits per heavy atom. The molecule has 1 rings (SSSR count). The highest BCUT2D eigenvalue weighted by Gasteiger charge is 2.14. The van der Waals surface area contributed by atoms with Gasteiger partial charge in [0.25, 0.3) is 0 Å². The van der Waals surface area contributed by atoms with Crippen LogP contribution in [0.15, 0.2) is 12.5 Å². The minimum Gasteiger partial charge on any atom is -0.480 e. The van der Waals surface area contributed by atoms with Crippen LogP contribution in [0.25, 0.3) is 0 Å². The fourth-order valence-corrected chi connectivity index (χ4v) is 2.05. The van der Waals surface area contributed by atoms with E-state index in [2.05, 4.69) is 15.7 Å². The molecule has 39 heavy (non-hydrogen) atoms. The SMILES string of the molecule is CC(C)C[C@H](N)C(=O)O.NC(=O)CC[C@H](N)C(=O)O.NC(=O)C[C@H](N)C(=O)O.N[C@@H](Cc1cnc[nH]1)C(=O)O. The molecule has 0 radical (unpaired) electrons. The number of imidazole rings is 1. The standard InChI is InChI=1S/C6H9N3O2.C6H13NO2.C5H10N2O3.C4H8N2O3/c7-5(6(10)11)1-4-2-8-3-9-4;1-4(2)3-5(7)6(8)9;6-3(5(9)10)1-2-4(7)8;5-2(4(8)9)1-3(6)7/h2-3,5H,1,7H2,(H,8,9)(H,10,11);4-5H,3,7H2,1-2H3,(H,8,9);3H,1-2,6H2,(H2,7,8)(H,9,10);2H,1,5H2,(H2,6,7)(H,8,9)/t2*5-;3-;2-/m0000/s1. The summed E-state index contributed by atoms with van der Waals surface area (Å²) >= 11 is 0. The Kier molecular flexibility index (Phi) is 22.1. The van der Waals surface area contributed by atoms with Gasteiger partial charge in [0.2, 0.25) is 11.8 Å². The summed E-state index contributed by atoms with van der Waals surface area (Å²) in [7, 11) is 0. The number of nitrogens with one attached hydrogen (secondary N) is 1. The molecule has 0 spiro atoms. The van der Waals surface area contributed by atoms with Crippen molar-refractivity contribution in [3.8, 4) is 0 Å². The van der Waals surface area contributed by atoms with Crippen LogP contribution >= 0.6 is 0 Å². The number of amides is 2. The van der Waals surface area contributed by atoms with E-state index in [0.29, 0.717) is 12.3 Å². The average Bonchev–Trinajstić information content (AvgIpc) is 3.30. The van der Waals surface area contributed by atoms with Crippen LogP contribution in [0.4, 0.5) is 0 Å². The number of carboxylic acid groups (broad SMARTS) is 4. The normalized spacial score (nSPS) is 12.9. The quantitative estimate of drug-likeness (QED) is 0.112. The fraction of sp³-hybridized carbons (Fsp3) is 0.571. The van der Waals surface area contributed by atoms with E-state index in [1.54, 1.807) is 6.20 Å². The van der Waals surface area contributed by atoms with Gasteiger partial charge >= 0.3 is 23.9 Å². The molecule has 0 saturated carbocycles. The number of hydrogen-bond acceptors (Lipinski definition) is 11. The molecular formula is C21H40N8O10. The summed E-state index contributed by atoms with van der Waals surface area (Å²) < 4.78 is 0. The van der Waals surface area contributed by atoms with Gasteiger partial charge in [-0.25, -0.2) is 4.98 Å². The second-order valence-corrected chi connectivity index (χ2v) is 8.36. The third-order valence-corrected chi connectivity index (χ3v) is 4.11. The number of hydrogen-bond donors (Lipinski definition) is 11. The van der Waals surface area contributed by atoms with Gasteiger partial charge in [0, 0.05) is 24.7 Å². The van der Waals surface area contributed by atoms with Crippen molar-refractivity contribution in [3.05, 3.63) is 18.2 Å². The van der Waals surface area contributed by atoms with Crippen molar-refractivity contribution in [2.75, 3.05) is 0 Å². The topological polar surface area (TPSA) is 368 Å². The van der Waals surface area contributed by atoms with Gasteiger partial charge in [-0.15, -0.1) is 0 Å². The molecule has 0 aromatic carbocycles. The van der Waals surface area contributed by atoms with Crippen LogP contribution in [-0.4, -0.2) is 90.3 Å². The zero-order valence-electron chi connectivity index (χ0n) is 21.7. The van der Waals surface area contributed by atoms with Crippen molar-refractivity contribution in [1.29, 1.82) is 0 Å². The lowest BCUT2D eigenvalue weighted by atomic mass is 10.1. The molecule has 17 N–H and O–H groups in total. The lowest BCUT2D eigenvalue weighted by Gasteiger charge is -2.07. The lowest BCUT2D eigenvalue weighted by Crippen LogP contribution is -2.34. The average molecular weight is 565 g/mol. The molecule has 224 valence electrons. The molecule has 0 aliphatic rings. The third-order valence-electron chi connectivity index (χ3n) is 4.11. The summed E-state index contributed by atoms with van der Waals surface area (Å²) in [6, 6.07) is -3.68. The zero-order valence-corrected chi connectivity index (χ0v) is 21.7. The van der Waals surface area contributed by atoms with Gasteiger partial charge in [0.05, 0.1) is 12.7 Å². The molecular weight excluding hydrogens is 524 g/mol. The number of carbonyl (C=O) groups excluding carboxylic acids is 2. The first-order chi connectivity index (χ1) is 17.8. The van der Waals surface area contributed by atoms with E-state index in [-0.39, 0.29) is 25.7 Å². The molecule has 1 aromatic rings. The van der Waals surface area contributed by atoms with Crippen molar-refractivity contribution < 1.29 is 49.2 Å². The predicted molar refractivity (Wildman–Crippen MR) is 136 cm³/mol. The van der Waals surface area contributed by atoms with Crippen LogP contribution in [-0.2, 0) is 35.2 Å². The number of rotatable bonds is 13. The highest BCUT2D eigenvalue weighted by Crippen LogP contribution is 2.01. The maximum atomic E-state index is 10.3. The molecule has 0 aliphatic carbocycles. The minimum atomic E-state index is -1.21. The van der Waals surface area contributed by atoms with Crippen molar-refractivity contribution >= 4 is 35.7 Å².